The van der Waals surface area contributed by atoms with Gasteiger partial charge in [0.25, 0.3) is 0 Å². The second-order valence-corrected chi connectivity index (χ2v) is 7.47. The van der Waals surface area contributed by atoms with E-state index in [1.165, 1.54) is 26.3 Å². The van der Waals surface area contributed by atoms with Crippen molar-refractivity contribution in [3.8, 4) is 11.5 Å². The van der Waals surface area contributed by atoms with Gasteiger partial charge in [-0.2, -0.15) is 0 Å². The molecule has 1 atom stereocenters. The molecule has 0 aliphatic heterocycles. The first-order valence-electron chi connectivity index (χ1n) is 10.5. The van der Waals surface area contributed by atoms with E-state index in [1.54, 1.807) is 12.1 Å². The molecule has 6 heteroatoms. The third-order valence-corrected chi connectivity index (χ3v) is 4.69. The lowest BCUT2D eigenvalue weighted by molar-refractivity contribution is -0.147. The molecule has 166 valence electrons. The fourth-order valence-corrected chi connectivity index (χ4v) is 3.35. The highest BCUT2D eigenvalue weighted by Gasteiger charge is 2.15. The lowest BCUT2D eigenvalue weighted by atomic mass is 10.0. The highest BCUT2D eigenvalue weighted by Crippen LogP contribution is 2.30. The van der Waals surface area contributed by atoms with Gasteiger partial charge < -0.3 is 14.2 Å². The number of rotatable bonds is 11. The smallest absolute Gasteiger partial charge is 0.308 e. The molecule has 2 aromatic carbocycles. The van der Waals surface area contributed by atoms with Gasteiger partial charge in [0.05, 0.1) is 0 Å². The summed E-state index contributed by atoms with van der Waals surface area (Å²) in [4.78, 5) is 34.2. The fraction of sp³-hybridized carbons (Fsp3) is 0.400. The molecule has 0 aliphatic rings. The highest BCUT2D eigenvalue weighted by molar-refractivity contribution is 5.73. The molecule has 0 amide bonds. The van der Waals surface area contributed by atoms with Gasteiger partial charge in [-0.3, -0.25) is 14.4 Å². The number of hydrogen-bond acceptors (Lipinski definition) is 6. The summed E-state index contributed by atoms with van der Waals surface area (Å²) in [7, 11) is 0. The minimum absolute atomic E-state index is 0.182. The number of aryl methyl sites for hydroxylation is 2. The van der Waals surface area contributed by atoms with Gasteiger partial charge in [0.2, 0.25) is 0 Å². The van der Waals surface area contributed by atoms with E-state index in [1.807, 2.05) is 24.3 Å². The van der Waals surface area contributed by atoms with Crippen LogP contribution in [0.3, 0.4) is 0 Å². The fourth-order valence-electron chi connectivity index (χ4n) is 3.35. The second kappa shape index (κ2) is 12.5. The van der Waals surface area contributed by atoms with Crippen LogP contribution < -0.4 is 9.47 Å². The van der Waals surface area contributed by atoms with Crippen LogP contribution in [0.2, 0.25) is 0 Å². The number of carbonyl (C=O) groups excluding carboxylic acids is 3. The number of hydrogen-bond donors (Lipinski definition) is 0. The van der Waals surface area contributed by atoms with Crippen LogP contribution in [0.5, 0.6) is 11.5 Å². The Morgan fingerprint density at radius 2 is 1.39 bits per heavy atom. The van der Waals surface area contributed by atoms with Crippen molar-refractivity contribution in [3.63, 3.8) is 0 Å². The summed E-state index contributed by atoms with van der Waals surface area (Å²) in [5.74, 6) is -0.886. The Morgan fingerprint density at radius 1 is 0.710 bits per heavy atom. The van der Waals surface area contributed by atoms with Crippen LogP contribution >= 0.6 is 0 Å². The van der Waals surface area contributed by atoms with Crippen molar-refractivity contribution in [2.24, 2.45) is 0 Å². The van der Waals surface area contributed by atoms with E-state index in [0.29, 0.717) is 12.8 Å². The third kappa shape index (κ3) is 9.47. The molecule has 6 nitrogen and oxygen atoms in total. The number of carbonyl (C=O) groups is 3. The Morgan fingerprint density at radius 3 is 2.03 bits per heavy atom. The molecule has 0 aliphatic carbocycles. The van der Waals surface area contributed by atoms with E-state index < -0.39 is 11.9 Å². The van der Waals surface area contributed by atoms with E-state index in [2.05, 4.69) is 12.1 Å². The summed E-state index contributed by atoms with van der Waals surface area (Å²) < 4.78 is 15.8. The third-order valence-electron chi connectivity index (χ3n) is 4.69. The normalized spacial score (nSPS) is 11.5. The van der Waals surface area contributed by atoms with Gasteiger partial charge in [-0.05, 0) is 61.8 Å². The van der Waals surface area contributed by atoms with Gasteiger partial charge in [0, 0.05) is 20.8 Å². The van der Waals surface area contributed by atoms with Gasteiger partial charge in [-0.1, -0.05) is 36.4 Å². The van der Waals surface area contributed by atoms with Crippen molar-refractivity contribution in [2.45, 2.75) is 65.4 Å². The van der Waals surface area contributed by atoms with Crippen molar-refractivity contribution in [1.82, 2.24) is 0 Å². The Balaban J connectivity index is 1.94. The standard InChI is InChI=1S/C25H30O6/c1-18(26)29-23(12-8-7-11-21-9-5-4-6-10-21)15-13-22-14-16-24(30-19(2)27)25(17-22)31-20(3)28/h4-6,9-10,14,16-17,23H,7-8,11-13,15H2,1-3H3/t23-/m0/s1. The first kappa shape index (κ1) is 24.1. The SMILES string of the molecule is CC(=O)Oc1ccc(CC[C@H](CCCCc2ccccc2)OC(C)=O)cc1OC(C)=O. The van der Waals surface area contributed by atoms with E-state index in [9.17, 15) is 14.4 Å². The minimum Gasteiger partial charge on any atom is -0.463 e. The predicted octanol–water partition coefficient (Wildman–Crippen LogP) is 4.81. The van der Waals surface area contributed by atoms with Gasteiger partial charge in [0.15, 0.2) is 11.5 Å². The van der Waals surface area contributed by atoms with Crippen LogP contribution in [0.25, 0.3) is 0 Å². The molecular formula is C25H30O6. The first-order valence-corrected chi connectivity index (χ1v) is 10.5. The summed E-state index contributed by atoms with van der Waals surface area (Å²) in [6.07, 6.45) is 4.86. The van der Waals surface area contributed by atoms with Gasteiger partial charge in [-0.15, -0.1) is 0 Å². The Hall–Kier alpha value is -3.15. The van der Waals surface area contributed by atoms with Crippen LogP contribution in [0.4, 0.5) is 0 Å². The predicted molar refractivity (Wildman–Crippen MR) is 117 cm³/mol. The monoisotopic (exact) mass is 426 g/mol. The molecule has 0 saturated carbocycles. The zero-order valence-electron chi connectivity index (χ0n) is 18.4. The minimum atomic E-state index is -0.498. The van der Waals surface area contributed by atoms with E-state index >= 15 is 0 Å². The van der Waals surface area contributed by atoms with Crippen molar-refractivity contribution < 1.29 is 28.6 Å². The van der Waals surface area contributed by atoms with Gasteiger partial charge >= 0.3 is 17.9 Å². The molecule has 0 fully saturated rings. The first-order chi connectivity index (χ1) is 14.8. The van der Waals surface area contributed by atoms with Crippen molar-refractivity contribution in [2.75, 3.05) is 0 Å². The van der Waals surface area contributed by atoms with Crippen LogP contribution in [0, 0.1) is 0 Å². The van der Waals surface area contributed by atoms with Crippen molar-refractivity contribution >= 4 is 17.9 Å². The lowest BCUT2D eigenvalue weighted by Crippen LogP contribution is -2.17. The maximum atomic E-state index is 11.5. The maximum Gasteiger partial charge on any atom is 0.308 e. The molecule has 0 bridgehead atoms. The van der Waals surface area contributed by atoms with Gasteiger partial charge in [-0.25, -0.2) is 0 Å². The zero-order chi connectivity index (χ0) is 22.6. The van der Waals surface area contributed by atoms with Crippen LogP contribution in [-0.4, -0.2) is 24.0 Å². The molecule has 0 saturated heterocycles. The van der Waals surface area contributed by atoms with E-state index in [0.717, 1.165) is 31.2 Å². The quantitative estimate of drug-likeness (QED) is 0.291. The molecule has 0 heterocycles. The molecule has 0 spiro atoms. The maximum absolute atomic E-state index is 11.5. The molecule has 0 radical (unpaired) electrons. The van der Waals surface area contributed by atoms with Crippen LogP contribution in [0.1, 0.15) is 57.6 Å². The summed E-state index contributed by atoms with van der Waals surface area (Å²) in [5, 5.41) is 0. The summed E-state index contributed by atoms with van der Waals surface area (Å²) in [6, 6.07) is 15.4. The number of benzene rings is 2. The Bertz CT molecular complexity index is 875. The molecule has 0 unspecified atom stereocenters. The summed E-state index contributed by atoms with van der Waals surface area (Å²) in [5.41, 5.74) is 2.20. The molecule has 2 aromatic rings. The largest absolute Gasteiger partial charge is 0.463 e. The van der Waals surface area contributed by atoms with E-state index in [4.69, 9.17) is 14.2 Å². The second-order valence-electron chi connectivity index (χ2n) is 7.47. The van der Waals surface area contributed by atoms with Crippen molar-refractivity contribution in [1.29, 1.82) is 0 Å². The van der Waals surface area contributed by atoms with Crippen LogP contribution in [-0.2, 0) is 32.0 Å². The Labute approximate surface area is 183 Å². The molecule has 31 heavy (non-hydrogen) atoms. The number of esters is 3. The van der Waals surface area contributed by atoms with E-state index in [-0.39, 0.29) is 23.6 Å². The lowest BCUT2D eigenvalue weighted by Gasteiger charge is -2.17. The average molecular weight is 427 g/mol. The highest BCUT2D eigenvalue weighted by atomic mass is 16.6. The topological polar surface area (TPSA) is 78.9 Å². The number of ether oxygens (including phenoxy) is 3. The average Bonchev–Trinajstić information content (AvgIpc) is 2.70. The summed E-state index contributed by atoms with van der Waals surface area (Å²) >= 11 is 0. The molecular weight excluding hydrogens is 396 g/mol. The number of unbranched alkanes of at least 4 members (excludes halogenated alkanes) is 1. The van der Waals surface area contributed by atoms with Crippen molar-refractivity contribution in [3.05, 3.63) is 59.7 Å². The Kier molecular flexibility index (Phi) is 9.75. The molecule has 0 N–H and O–H groups in total. The molecule has 2 rings (SSSR count). The van der Waals surface area contributed by atoms with Gasteiger partial charge in [0.1, 0.15) is 6.10 Å². The zero-order valence-corrected chi connectivity index (χ0v) is 18.4. The van der Waals surface area contributed by atoms with Crippen LogP contribution in [0.15, 0.2) is 48.5 Å². The summed E-state index contributed by atoms with van der Waals surface area (Å²) in [6.45, 7) is 3.99. The molecule has 0 aromatic heterocycles.